The van der Waals surface area contributed by atoms with Gasteiger partial charge in [0.15, 0.2) is 6.29 Å². The number of aliphatic hydroxyl groups is 1. The lowest BCUT2D eigenvalue weighted by Crippen LogP contribution is -2.30. The molecule has 0 aromatic rings. The minimum absolute atomic E-state index is 0.0231. The normalized spacial score (nSPS) is 18.0. The molecule has 0 radical (unpaired) electrons. The molecule has 0 aliphatic heterocycles. The Morgan fingerprint density at radius 1 is 1.33 bits per heavy atom. The van der Waals surface area contributed by atoms with Crippen LogP contribution in [0.5, 0.6) is 0 Å². The Morgan fingerprint density at radius 2 is 1.78 bits per heavy atom. The van der Waals surface area contributed by atoms with Crippen molar-refractivity contribution in [3.63, 3.8) is 0 Å². The van der Waals surface area contributed by atoms with Crippen molar-refractivity contribution in [1.82, 2.24) is 4.90 Å². The summed E-state index contributed by atoms with van der Waals surface area (Å²) < 4.78 is 4.99. The lowest BCUT2D eigenvalue weighted by atomic mass is 10.6. The molecule has 0 fully saturated rings. The van der Waals surface area contributed by atoms with Crippen LogP contribution in [0.1, 0.15) is 13.8 Å². The van der Waals surface area contributed by atoms with E-state index in [0.717, 1.165) is 0 Å². The van der Waals surface area contributed by atoms with Gasteiger partial charge in [-0.1, -0.05) is 0 Å². The van der Waals surface area contributed by atoms with E-state index in [2.05, 4.69) is 0 Å². The van der Waals surface area contributed by atoms with E-state index in [9.17, 15) is 0 Å². The van der Waals surface area contributed by atoms with Crippen molar-refractivity contribution >= 4 is 0 Å². The number of nitrogens with zero attached hydrogens (tertiary/aromatic N) is 1. The van der Waals surface area contributed by atoms with Crippen molar-refractivity contribution in [2.45, 2.75) is 26.4 Å². The van der Waals surface area contributed by atoms with Crippen LogP contribution < -0.4 is 0 Å². The molecule has 2 atom stereocenters. The summed E-state index contributed by atoms with van der Waals surface area (Å²) in [5.74, 6) is 0. The van der Waals surface area contributed by atoms with Gasteiger partial charge in [0.2, 0.25) is 0 Å². The molecule has 0 heterocycles. The summed E-state index contributed by atoms with van der Waals surface area (Å²) >= 11 is 0. The van der Waals surface area contributed by atoms with E-state index in [-0.39, 0.29) is 6.23 Å². The maximum absolute atomic E-state index is 8.72. The molecule has 0 saturated heterocycles. The number of aliphatic hydroxyl groups excluding tert-OH is 1. The summed E-state index contributed by atoms with van der Waals surface area (Å²) in [5.41, 5.74) is 0. The molecule has 3 heteroatoms. The molecular weight excluding hydrogens is 118 g/mol. The molecule has 0 aliphatic carbocycles. The van der Waals surface area contributed by atoms with Gasteiger partial charge in [-0.05, 0) is 27.9 Å². The number of ether oxygens (including phenoxy) is 1. The smallest absolute Gasteiger partial charge is 0.153 e. The monoisotopic (exact) mass is 133 g/mol. The van der Waals surface area contributed by atoms with Gasteiger partial charge in [-0.25, -0.2) is 0 Å². The predicted molar refractivity (Wildman–Crippen MR) is 35.9 cm³/mol. The van der Waals surface area contributed by atoms with Gasteiger partial charge in [-0.2, -0.15) is 0 Å². The summed E-state index contributed by atoms with van der Waals surface area (Å²) in [5, 5.41) is 8.72. The lowest BCUT2D eigenvalue weighted by Gasteiger charge is -2.21. The fraction of sp³-hybridized carbons (Fsp3) is 1.00. The molecular formula is C6H15NO2. The van der Waals surface area contributed by atoms with Crippen LogP contribution in [0.4, 0.5) is 0 Å². The Labute approximate surface area is 56.2 Å². The maximum atomic E-state index is 8.72. The SMILES string of the molecule is CC(O)OC(C)N(C)C. The van der Waals surface area contributed by atoms with Crippen molar-refractivity contribution in [1.29, 1.82) is 0 Å². The van der Waals surface area contributed by atoms with E-state index in [1.54, 1.807) is 6.92 Å². The van der Waals surface area contributed by atoms with E-state index in [4.69, 9.17) is 9.84 Å². The first kappa shape index (κ1) is 8.88. The molecule has 0 rings (SSSR count). The van der Waals surface area contributed by atoms with Crippen LogP contribution in [-0.2, 0) is 4.74 Å². The Kier molecular flexibility index (Phi) is 3.77. The van der Waals surface area contributed by atoms with E-state index in [0.29, 0.717) is 0 Å². The third-order valence-corrected chi connectivity index (χ3v) is 1.12. The van der Waals surface area contributed by atoms with Crippen molar-refractivity contribution in [3.8, 4) is 0 Å². The number of hydrogen-bond donors (Lipinski definition) is 1. The summed E-state index contributed by atoms with van der Waals surface area (Å²) in [6.07, 6.45) is -0.701. The largest absolute Gasteiger partial charge is 0.368 e. The van der Waals surface area contributed by atoms with Crippen LogP contribution in [0.3, 0.4) is 0 Å². The topological polar surface area (TPSA) is 32.7 Å². The second-order valence-corrected chi connectivity index (χ2v) is 2.30. The summed E-state index contributed by atoms with van der Waals surface area (Å²) in [4.78, 5) is 1.88. The van der Waals surface area contributed by atoms with E-state index in [1.807, 2.05) is 25.9 Å². The Balaban J connectivity index is 3.38. The summed E-state index contributed by atoms with van der Waals surface area (Å²) in [7, 11) is 3.79. The Bertz CT molecular complexity index is 73.5. The van der Waals surface area contributed by atoms with Crippen LogP contribution in [0.2, 0.25) is 0 Å². The fourth-order valence-corrected chi connectivity index (χ4v) is 0.407. The Hall–Kier alpha value is -0.120. The number of hydrogen-bond acceptors (Lipinski definition) is 3. The predicted octanol–water partition coefficient (Wildman–Crippen LogP) is 0.249. The molecule has 0 aromatic heterocycles. The van der Waals surface area contributed by atoms with Crippen molar-refractivity contribution in [3.05, 3.63) is 0 Å². The highest BCUT2D eigenvalue weighted by Gasteiger charge is 2.05. The van der Waals surface area contributed by atoms with Gasteiger partial charge < -0.3 is 9.84 Å². The molecule has 0 saturated carbocycles. The molecule has 9 heavy (non-hydrogen) atoms. The highest BCUT2D eigenvalue weighted by molar-refractivity contribution is 4.43. The number of rotatable bonds is 3. The van der Waals surface area contributed by atoms with Crippen molar-refractivity contribution in [2.24, 2.45) is 0 Å². The molecule has 3 nitrogen and oxygen atoms in total. The maximum Gasteiger partial charge on any atom is 0.153 e. The zero-order chi connectivity index (χ0) is 7.44. The zero-order valence-electron chi connectivity index (χ0n) is 6.46. The van der Waals surface area contributed by atoms with Crippen LogP contribution in [0.15, 0.2) is 0 Å². The van der Waals surface area contributed by atoms with E-state index < -0.39 is 6.29 Å². The third-order valence-electron chi connectivity index (χ3n) is 1.12. The van der Waals surface area contributed by atoms with Gasteiger partial charge in [0.25, 0.3) is 0 Å². The minimum atomic E-state index is -0.678. The standard InChI is InChI=1S/C6H15NO2/c1-5(7(3)4)9-6(2)8/h5-6,8H,1-4H3. The van der Waals surface area contributed by atoms with Crippen LogP contribution >= 0.6 is 0 Å². The van der Waals surface area contributed by atoms with Crippen LogP contribution in [-0.4, -0.2) is 36.6 Å². The average Bonchev–Trinajstić information content (AvgIpc) is 1.63. The molecule has 0 amide bonds. The molecule has 0 aliphatic rings. The average molecular weight is 133 g/mol. The van der Waals surface area contributed by atoms with Gasteiger partial charge in [0.05, 0.1) is 0 Å². The molecule has 2 unspecified atom stereocenters. The first-order valence-electron chi connectivity index (χ1n) is 3.04. The van der Waals surface area contributed by atoms with Gasteiger partial charge in [-0.15, -0.1) is 0 Å². The van der Waals surface area contributed by atoms with E-state index >= 15 is 0 Å². The van der Waals surface area contributed by atoms with Gasteiger partial charge in [0, 0.05) is 0 Å². The van der Waals surface area contributed by atoms with Crippen molar-refractivity contribution < 1.29 is 9.84 Å². The minimum Gasteiger partial charge on any atom is -0.368 e. The van der Waals surface area contributed by atoms with Gasteiger partial charge >= 0.3 is 0 Å². The molecule has 0 spiro atoms. The third kappa shape index (κ3) is 4.39. The zero-order valence-corrected chi connectivity index (χ0v) is 6.46. The lowest BCUT2D eigenvalue weighted by molar-refractivity contribution is -0.156. The van der Waals surface area contributed by atoms with Crippen molar-refractivity contribution in [2.75, 3.05) is 14.1 Å². The highest BCUT2D eigenvalue weighted by atomic mass is 16.6. The van der Waals surface area contributed by atoms with Crippen LogP contribution in [0, 0.1) is 0 Å². The Morgan fingerprint density at radius 3 is 1.89 bits per heavy atom. The quantitative estimate of drug-likeness (QED) is 0.560. The highest BCUT2D eigenvalue weighted by Crippen LogP contribution is 1.96. The molecule has 0 bridgehead atoms. The van der Waals surface area contributed by atoms with Crippen LogP contribution in [0.25, 0.3) is 0 Å². The summed E-state index contributed by atoms with van der Waals surface area (Å²) in [6.45, 7) is 3.48. The van der Waals surface area contributed by atoms with Gasteiger partial charge in [0.1, 0.15) is 6.23 Å². The molecule has 1 N–H and O–H groups in total. The molecule has 0 aromatic carbocycles. The first-order valence-corrected chi connectivity index (χ1v) is 3.04. The fourth-order valence-electron chi connectivity index (χ4n) is 0.407. The first-order chi connectivity index (χ1) is 4.04. The second-order valence-electron chi connectivity index (χ2n) is 2.30. The second kappa shape index (κ2) is 3.82. The van der Waals surface area contributed by atoms with Gasteiger partial charge in [-0.3, -0.25) is 4.90 Å². The molecule has 56 valence electrons. The summed E-state index contributed by atoms with van der Waals surface area (Å²) in [6, 6.07) is 0. The van der Waals surface area contributed by atoms with E-state index in [1.165, 1.54) is 0 Å².